The van der Waals surface area contributed by atoms with E-state index in [0.29, 0.717) is 6.42 Å². The van der Waals surface area contributed by atoms with Crippen LogP contribution in [0.3, 0.4) is 0 Å². The van der Waals surface area contributed by atoms with E-state index in [4.69, 9.17) is 0 Å². The number of aliphatic hydroxyl groups is 1. The number of hydrogen-bond acceptors (Lipinski definition) is 4. The molecule has 2 aromatic heterocycles. The number of rotatable bonds is 3. The molecule has 0 radical (unpaired) electrons. The van der Waals surface area contributed by atoms with Crippen molar-refractivity contribution in [1.29, 1.82) is 0 Å². The quantitative estimate of drug-likeness (QED) is 0.804. The first kappa shape index (κ1) is 11.8. The van der Waals surface area contributed by atoms with Crippen LogP contribution in [-0.4, -0.2) is 19.6 Å². The Labute approximate surface area is 120 Å². The fourth-order valence-corrected chi connectivity index (χ4v) is 3.51. The van der Waals surface area contributed by atoms with Gasteiger partial charge in [0.05, 0.1) is 40.8 Å². The zero-order valence-electron chi connectivity index (χ0n) is 10.7. The molecule has 3 heterocycles. The Hall–Kier alpha value is -1.98. The monoisotopic (exact) mass is 283 g/mol. The Kier molecular flexibility index (Phi) is 2.68. The summed E-state index contributed by atoms with van der Waals surface area (Å²) in [6.45, 7) is 0. The van der Waals surface area contributed by atoms with Gasteiger partial charge < -0.3 is 9.67 Å². The molecule has 1 aliphatic heterocycles. The van der Waals surface area contributed by atoms with Crippen LogP contribution in [0.4, 0.5) is 0 Å². The van der Waals surface area contributed by atoms with E-state index in [1.54, 1.807) is 11.7 Å². The third-order valence-corrected chi connectivity index (χ3v) is 4.70. The van der Waals surface area contributed by atoms with Gasteiger partial charge in [0.25, 0.3) is 0 Å². The number of fused-ring (bicyclic) bond motifs is 3. The van der Waals surface area contributed by atoms with E-state index in [-0.39, 0.29) is 6.04 Å². The van der Waals surface area contributed by atoms with Gasteiger partial charge in [0.15, 0.2) is 0 Å². The van der Waals surface area contributed by atoms with Crippen molar-refractivity contribution in [3.63, 3.8) is 0 Å². The molecule has 3 aromatic rings. The maximum absolute atomic E-state index is 10.4. The van der Waals surface area contributed by atoms with Crippen LogP contribution in [0.5, 0.6) is 0 Å². The molecule has 5 heteroatoms. The van der Waals surface area contributed by atoms with Gasteiger partial charge >= 0.3 is 0 Å². The Morgan fingerprint density at radius 3 is 3.00 bits per heavy atom. The van der Waals surface area contributed by atoms with E-state index in [2.05, 4.69) is 26.7 Å². The lowest BCUT2D eigenvalue weighted by atomic mass is 9.98. The minimum Gasteiger partial charge on any atom is -0.387 e. The second kappa shape index (κ2) is 4.54. The molecule has 2 atom stereocenters. The van der Waals surface area contributed by atoms with Crippen LogP contribution in [0, 0.1) is 0 Å². The van der Waals surface area contributed by atoms with E-state index in [0.717, 1.165) is 10.6 Å². The fourth-order valence-electron chi connectivity index (χ4n) is 2.89. The van der Waals surface area contributed by atoms with Crippen LogP contribution in [0.1, 0.15) is 29.0 Å². The molecule has 20 heavy (non-hydrogen) atoms. The van der Waals surface area contributed by atoms with Gasteiger partial charge in [-0.25, -0.2) is 4.98 Å². The average Bonchev–Trinajstić information content (AvgIpc) is 3.17. The van der Waals surface area contributed by atoms with Crippen LogP contribution in [0.2, 0.25) is 0 Å². The van der Waals surface area contributed by atoms with Crippen LogP contribution in [0.25, 0.3) is 11.3 Å². The molecule has 2 unspecified atom stereocenters. The highest BCUT2D eigenvalue weighted by Crippen LogP contribution is 2.43. The van der Waals surface area contributed by atoms with Gasteiger partial charge in [-0.2, -0.15) is 0 Å². The first-order valence-electron chi connectivity index (χ1n) is 6.52. The standard InChI is InChI=1S/C15H13N3OS/c19-14(15-7-17-9-20-15)5-12-10-3-1-2-4-11(10)13-6-16-8-18(12)13/h1-4,6-9,12,14,19H,5H2. The average molecular weight is 283 g/mol. The Morgan fingerprint density at radius 1 is 1.25 bits per heavy atom. The predicted molar refractivity (Wildman–Crippen MR) is 77.5 cm³/mol. The van der Waals surface area contributed by atoms with E-state index >= 15 is 0 Å². The van der Waals surface area contributed by atoms with Crippen molar-refractivity contribution < 1.29 is 5.11 Å². The van der Waals surface area contributed by atoms with Gasteiger partial charge in [-0.15, -0.1) is 11.3 Å². The smallest absolute Gasteiger partial charge is 0.0956 e. The molecule has 1 aliphatic rings. The molecule has 0 aliphatic carbocycles. The molecular weight excluding hydrogens is 270 g/mol. The normalized spacial score (nSPS) is 17.8. The van der Waals surface area contributed by atoms with Gasteiger partial charge in [0.1, 0.15) is 0 Å². The summed E-state index contributed by atoms with van der Waals surface area (Å²) in [7, 11) is 0. The topological polar surface area (TPSA) is 50.9 Å². The number of benzene rings is 1. The van der Waals surface area contributed by atoms with E-state index in [1.807, 2.05) is 24.7 Å². The Bertz CT molecular complexity index is 735. The highest BCUT2D eigenvalue weighted by Gasteiger charge is 2.30. The van der Waals surface area contributed by atoms with Crippen molar-refractivity contribution in [2.75, 3.05) is 0 Å². The fraction of sp³-hybridized carbons (Fsp3) is 0.200. The maximum atomic E-state index is 10.4. The number of hydrogen-bond donors (Lipinski definition) is 1. The third-order valence-electron chi connectivity index (χ3n) is 3.82. The van der Waals surface area contributed by atoms with Gasteiger partial charge in [0.2, 0.25) is 0 Å². The molecule has 4 nitrogen and oxygen atoms in total. The first-order valence-corrected chi connectivity index (χ1v) is 7.40. The van der Waals surface area contributed by atoms with Crippen molar-refractivity contribution in [3.05, 3.63) is 58.9 Å². The number of aliphatic hydroxyl groups excluding tert-OH is 1. The summed E-state index contributed by atoms with van der Waals surface area (Å²) in [5, 5.41) is 10.4. The lowest BCUT2D eigenvalue weighted by Gasteiger charge is -2.17. The maximum Gasteiger partial charge on any atom is 0.0956 e. The molecule has 0 spiro atoms. The minimum atomic E-state index is -0.492. The Balaban J connectivity index is 1.72. The second-order valence-corrected chi connectivity index (χ2v) is 5.86. The summed E-state index contributed by atoms with van der Waals surface area (Å²) in [4.78, 5) is 9.18. The van der Waals surface area contributed by atoms with Crippen molar-refractivity contribution >= 4 is 11.3 Å². The summed E-state index contributed by atoms with van der Waals surface area (Å²) < 4.78 is 2.15. The van der Waals surface area contributed by atoms with Gasteiger partial charge in [-0.05, 0) is 5.56 Å². The van der Waals surface area contributed by atoms with E-state index in [9.17, 15) is 5.11 Å². The molecule has 4 rings (SSSR count). The zero-order chi connectivity index (χ0) is 13.5. The van der Waals surface area contributed by atoms with E-state index in [1.165, 1.54) is 22.5 Å². The van der Waals surface area contributed by atoms with Crippen LogP contribution >= 0.6 is 11.3 Å². The number of imidazole rings is 1. The highest BCUT2D eigenvalue weighted by atomic mass is 32.1. The Morgan fingerprint density at radius 2 is 2.15 bits per heavy atom. The molecule has 1 N–H and O–H groups in total. The summed E-state index contributed by atoms with van der Waals surface area (Å²) in [5.41, 5.74) is 5.35. The molecule has 0 saturated heterocycles. The molecule has 1 aromatic carbocycles. The highest BCUT2D eigenvalue weighted by molar-refractivity contribution is 7.09. The molecule has 0 amide bonds. The lowest BCUT2D eigenvalue weighted by molar-refractivity contribution is 0.157. The SMILES string of the molecule is OC(CC1c2ccccc2-c2cncn21)c1cncs1. The van der Waals surface area contributed by atoms with Crippen molar-refractivity contribution in [3.8, 4) is 11.3 Å². The number of aromatic nitrogens is 3. The van der Waals surface area contributed by atoms with Crippen molar-refractivity contribution in [1.82, 2.24) is 14.5 Å². The van der Waals surface area contributed by atoms with Crippen LogP contribution in [-0.2, 0) is 0 Å². The molecule has 0 fully saturated rings. The largest absolute Gasteiger partial charge is 0.387 e. The predicted octanol–water partition coefficient (Wildman–Crippen LogP) is 3.03. The van der Waals surface area contributed by atoms with Crippen molar-refractivity contribution in [2.24, 2.45) is 0 Å². The molecule has 100 valence electrons. The number of nitrogens with zero attached hydrogens (tertiary/aromatic N) is 3. The van der Waals surface area contributed by atoms with Crippen LogP contribution in [0.15, 0.2) is 48.5 Å². The van der Waals surface area contributed by atoms with Crippen LogP contribution < -0.4 is 0 Å². The van der Waals surface area contributed by atoms with Gasteiger partial charge in [0, 0.05) is 18.2 Å². The summed E-state index contributed by atoms with van der Waals surface area (Å²) >= 11 is 1.49. The second-order valence-electron chi connectivity index (χ2n) is 4.94. The van der Waals surface area contributed by atoms with Gasteiger partial charge in [-0.3, -0.25) is 4.98 Å². The first-order chi connectivity index (χ1) is 9.84. The molecule has 0 bridgehead atoms. The summed E-state index contributed by atoms with van der Waals surface area (Å²) in [6, 6.07) is 8.47. The third kappa shape index (κ3) is 1.71. The molecular formula is C15H13N3OS. The lowest BCUT2D eigenvalue weighted by Crippen LogP contribution is -2.09. The summed E-state index contributed by atoms with van der Waals surface area (Å²) in [5.74, 6) is 0. The summed E-state index contributed by atoms with van der Waals surface area (Å²) in [6.07, 6.45) is 5.62. The number of thiazole rings is 1. The van der Waals surface area contributed by atoms with Gasteiger partial charge in [-0.1, -0.05) is 24.3 Å². The van der Waals surface area contributed by atoms with E-state index < -0.39 is 6.10 Å². The minimum absolute atomic E-state index is 0.140. The molecule has 0 saturated carbocycles. The zero-order valence-corrected chi connectivity index (χ0v) is 11.5. The van der Waals surface area contributed by atoms with Crippen molar-refractivity contribution in [2.45, 2.75) is 18.6 Å².